The lowest BCUT2D eigenvalue weighted by Gasteiger charge is -2.15. The number of hydrogen-bond acceptors (Lipinski definition) is 5. The van der Waals surface area contributed by atoms with Gasteiger partial charge in [0.25, 0.3) is 5.91 Å². The summed E-state index contributed by atoms with van der Waals surface area (Å²) in [5.74, 6) is 1.98. The third-order valence-corrected chi connectivity index (χ3v) is 5.82. The molecule has 0 spiro atoms. The van der Waals surface area contributed by atoms with E-state index in [1.165, 1.54) is 0 Å². The van der Waals surface area contributed by atoms with Crippen LogP contribution >= 0.6 is 0 Å². The topological polar surface area (TPSA) is 73.6 Å². The zero-order chi connectivity index (χ0) is 24.1. The van der Waals surface area contributed by atoms with Crippen molar-refractivity contribution in [2.24, 2.45) is 0 Å². The van der Waals surface area contributed by atoms with Gasteiger partial charge < -0.3 is 19.2 Å². The third-order valence-electron chi connectivity index (χ3n) is 5.82. The molecular weight excluding hydrogens is 428 g/mol. The number of methoxy groups -OCH3 is 2. The smallest absolute Gasteiger partial charge is 0.256 e. The van der Waals surface area contributed by atoms with Crippen LogP contribution in [0.25, 0.3) is 22.8 Å². The van der Waals surface area contributed by atoms with Crippen LogP contribution in [0.1, 0.15) is 35.3 Å². The van der Waals surface area contributed by atoms with Crippen LogP contribution in [-0.2, 0) is 12.8 Å². The number of ether oxygens (including phenoxy) is 2. The van der Waals surface area contributed by atoms with Gasteiger partial charge in [-0.1, -0.05) is 44.2 Å². The molecule has 0 saturated carbocycles. The number of hydrogen-bond donors (Lipinski definition) is 1. The fourth-order valence-corrected chi connectivity index (χ4v) is 3.98. The monoisotopic (exact) mass is 456 g/mol. The van der Waals surface area contributed by atoms with Gasteiger partial charge in [-0.2, -0.15) is 0 Å². The Balaban J connectivity index is 1.69. The number of aromatic nitrogens is 1. The van der Waals surface area contributed by atoms with Crippen molar-refractivity contribution >= 4 is 11.6 Å². The highest BCUT2D eigenvalue weighted by Gasteiger charge is 2.20. The maximum atomic E-state index is 13.4. The molecule has 0 radical (unpaired) electrons. The Hall–Kier alpha value is -4.06. The molecule has 0 aliphatic heterocycles. The quantitative estimate of drug-likeness (QED) is 0.332. The summed E-state index contributed by atoms with van der Waals surface area (Å²) >= 11 is 0. The van der Waals surface area contributed by atoms with Crippen LogP contribution in [0.15, 0.2) is 71.3 Å². The predicted octanol–water partition coefficient (Wildman–Crippen LogP) is 6.40. The molecule has 1 N–H and O–H groups in total. The van der Waals surface area contributed by atoms with E-state index in [1.54, 1.807) is 32.5 Å². The molecule has 0 unspecified atom stereocenters. The van der Waals surface area contributed by atoms with Crippen molar-refractivity contribution in [2.75, 3.05) is 19.5 Å². The summed E-state index contributed by atoms with van der Waals surface area (Å²) in [4.78, 5) is 17.8. The largest absolute Gasteiger partial charge is 0.497 e. The second kappa shape index (κ2) is 10.3. The van der Waals surface area contributed by atoms with Crippen molar-refractivity contribution in [3.63, 3.8) is 0 Å². The number of aryl methyl sites for hydroxylation is 2. The maximum absolute atomic E-state index is 13.4. The van der Waals surface area contributed by atoms with Crippen LogP contribution in [-0.4, -0.2) is 25.1 Å². The second-order valence-corrected chi connectivity index (χ2v) is 7.75. The zero-order valence-electron chi connectivity index (χ0n) is 19.8. The molecule has 34 heavy (non-hydrogen) atoms. The molecule has 6 heteroatoms. The maximum Gasteiger partial charge on any atom is 0.256 e. The van der Waals surface area contributed by atoms with Gasteiger partial charge in [-0.05, 0) is 48.2 Å². The van der Waals surface area contributed by atoms with E-state index < -0.39 is 0 Å². The lowest BCUT2D eigenvalue weighted by molar-refractivity contribution is 0.102. The molecular formula is C28H28N2O4. The molecule has 1 aromatic heterocycles. The Morgan fingerprint density at radius 2 is 1.65 bits per heavy atom. The van der Waals surface area contributed by atoms with Crippen LogP contribution in [0.4, 0.5) is 5.69 Å². The van der Waals surface area contributed by atoms with Gasteiger partial charge in [0.05, 0.1) is 31.5 Å². The molecule has 0 fully saturated rings. The normalized spacial score (nSPS) is 10.7. The summed E-state index contributed by atoms with van der Waals surface area (Å²) in [5.41, 5.74) is 4.94. The fourth-order valence-electron chi connectivity index (χ4n) is 3.98. The van der Waals surface area contributed by atoms with Gasteiger partial charge in [-0.3, -0.25) is 4.79 Å². The number of carbonyl (C=O) groups excluding carboxylic acids is 1. The van der Waals surface area contributed by atoms with Gasteiger partial charge in [-0.15, -0.1) is 0 Å². The van der Waals surface area contributed by atoms with Gasteiger partial charge in [0.15, 0.2) is 5.76 Å². The summed E-state index contributed by atoms with van der Waals surface area (Å²) in [7, 11) is 3.19. The molecule has 0 bridgehead atoms. The summed E-state index contributed by atoms with van der Waals surface area (Å²) in [6.45, 7) is 4.17. The molecule has 1 amide bonds. The molecule has 174 valence electrons. The van der Waals surface area contributed by atoms with Crippen LogP contribution in [0.2, 0.25) is 0 Å². The predicted molar refractivity (Wildman–Crippen MR) is 134 cm³/mol. The van der Waals surface area contributed by atoms with E-state index >= 15 is 0 Å². The Morgan fingerprint density at radius 1 is 0.912 bits per heavy atom. The van der Waals surface area contributed by atoms with E-state index in [4.69, 9.17) is 13.9 Å². The third kappa shape index (κ3) is 4.53. The number of rotatable bonds is 8. The summed E-state index contributed by atoms with van der Waals surface area (Å²) < 4.78 is 16.9. The summed E-state index contributed by atoms with van der Waals surface area (Å²) in [5, 5.41) is 3.13. The number of para-hydroxylation sites is 1. The first kappa shape index (κ1) is 23.1. The molecule has 4 rings (SSSR count). The number of benzene rings is 3. The molecule has 0 atom stereocenters. The van der Waals surface area contributed by atoms with Crippen LogP contribution in [0.5, 0.6) is 11.5 Å². The van der Waals surface area contributed by atoms with Crippen molar-refractivity contribution in [2.45, 2.75) is 26.7 Å². The molecule has 1 heterocycles. The first-order valence-electron chi connectivity index (χ1n) is 11.3. The molecule has 3 aromatic carbocycles. The van der Waals surface area contributed by atoms with Crippen molar-refractivity contribution < 1.29 is 18.7 Å². The van der Waals surface area contributed by atoms with Crippen molar-refractivity contribution in [3.05, 3.63) is 83.6 Å². The van der Waals surface area contributed by atoms with Crippen LogP contribution < -0.4 is 14.8 Å². The number of oxazole rings is 1. The van der Waals surface area contributed by atoms with Gasteiger partial charge in [0.1, 0.15) is 11.5 Å². The Labute approximate surface area is 199 Å². The lowest BCUT2D eigenvalue weighted by atomic mass is 10.0. The zero-order valence-corrected chi connectivity index (χ0v) is 19.8. The standard InChI is InChI=1S/C28H28N2O4/c1-5-18-10-9-11-19(6-2)26(18)30-27(31)21-12-7-8-13-22(21)28-29-17-25(34-28)23-15-14-20(32-3)16-24(23)33-4/h7-17H,5-6H2,1-4H3,(H,30,31). The first-order valence-corrected chi connectivity index (χ1v) is 11.3. The molecule has 0 saturated heterocycles. The van der Waals surface area contributed by atoms with E-state index in [2.05, 4.69) is 24.1 Å². The highest BCUT2D eigenvalue weighted by Crippen LogP contribution is 2.36. The number of nitrogens with zero attached hydrogens (tertiary/aromatic N) is 1. The summed E-state index contributed by atoms with van der Waals surface area (Å²) in [6.07, 6.45) is 3.30. The van der Waals surface area contributed by atoms with Gasteiger partial charge in [0.2, 0.25) is 5.89 Å². The van der Waals surface area contributed by atoms with E-state index in [9.17, 15) is 4.79 Å². The highest BCUT2D eigenvalue weighted by atomic mass is 16.5. The van der Waals surface area contributed by atoms with Gasteiger partial charge >= 0.3 is 0 Å². The SMILES string of the molecule is CCc1cccc(CC)c1NC(=O)c1ccccc1-c1ncc(-c2ccc(OC)cc2OC)o1. The van der Waals surface area contributed by atoms with E-state index in [-0.39, 0.29) is 5.91 Å². The minimum absolute atomic E-state index is 0.201. The number of carbonyl (C=O) groups is 1. The Kier molecular flexibility index (Phi) is 6.97. The van der Waals surface area contributed by atoms with Gasteiger partial charge in [-0.25, -0.2) is 4.98 Å². The van der Waals surface area contributed by atoms with E-state index in [0.717, 1.165) is 35.2 Å². The molecule has 0 aliphatic carbocycles. The molecule has 4 aromatic rings. The van der Waals surface area contributed by atoms with E-state index in [1.807, 2.05) is 48.5 Å². The van der Waals surface area contributed by atoms with Crippen molar-refractivity contribution in [1.29, 1.82) is 0 Å². The molecule has 0 aliphatic rings. The number of nitrogens with one attached hydrogen (secondary N) is 1. The highest BCUT2D eigenvalue weighted by molar-refractivity contribution is 6.08. The minimum Gasteiger partial charge on any atom is -0.497 e. The van der Waals surface area contributed by atoms with Gasteiger partial charge in [0, 0.05) is 17.3 Å². The summed E-state index contributed by atoms with van der Waals surface area (Å²) in [6, 6.07) is 18.9. The average molecular weight is 457 g/mol. The minimum atomic E-state index is -0.201. The van der Waals surface area contributed by atoms with Crippen LogP contribution in [0.3, 0.4) is 0 Å². The second-order valence-electron chi connectivity index (χ2n) is 7.75. The Bertz CT molecular complexity index is 1290. The fraction of sp³-hybridized carbons (Fsp3) is 0.214. The van der Waals surface area contributed by atoms with Crippen molar-refractivity contribution in [1.82, 2.24) is 4.98 Å². The lowest BCUT2D eigenvalue weighted by Crippen LogP contribution is -2.16. The first-order chi connectivity index (χ1) is 16.6. The molecule has 6 nitrogen and oxygen atoms in total. The average Bonchev–Trinajstić information content (AvgIpc) is 3.38. The number of amides is 1. The Morgan fingerprint density at radius 3 is 2.32 bits per heavy atom. The van der Waals surface area contributed by atoms with Crippen molar-refractivity contribution in [3.8, 4) is 34.3 Å². The van der Waals surface area contributed by atoms with Crippen LogP contribution in [0, 0.1) is 0 Å². The number of anilines is 1. The van der Waals surface area contributed by atoms with E-state index in [0.29, 0.717) is 34.3 Å².